The molecule has 2 rings (SSSR count). The zero-order chi connectivity index (χ0) is 17.2. The van der Waals surface area contributed by atoms with Gasteiger partial charge in [-0.05, 0) is 37.1 Å². The summed E-state index contributed by atoms with van der Waals surface area (Å²) < 4.78 is 13.5. The lowest BCUT2D eigenvalue weighted by Gasteiger charge is -2.28. The number of amides is 2. The van der Waals surface area contributed by atoms with Gasteiger partial charge in [-0.3, -0.25) is 9.59 Å². The summed E-state index contributed by atoms with van der Waals surface area (Å²) in [6, 6.07) is 3.81. The van der Waals surface area contributed by atoms with Crippen LogP contribution in [-0.2, 0) is 9.59 Å². The number of carbonyl (C=O) groups is 2. The maximum Gasteiger partial charge on any atom is 0.242 e. The van der Waals surface area contributed by atoms with E-state index in [1.807, 2.05) is 0 Å². The molecule has 2 N–H and O–H groups in total. The number of fused-ring (bicyclic) bond motifs is 1. The van der Waals surface area contributed by atoms with Gasteiger partial charge in [-0.15, -0.1) is 11.8 Å². The van der Waals surface area contributed by atoms with E-state index in [1.165, 1.54) is 12.1 Å². The van der Waals surface area contributed by atoms with Gasteiger partial charge < -0.3 is 10.6 Å². The van der Waals surface area contributed by atoms with Crippen molar-refractivity contribution in [3.8, 4) is 0 Å². The van der Waals surface area contributed by atoms with Gasteiger partial charge in [-0.2, -0.15) is 0 Å². The van der Waals surface area contributed by atoms with Gasteiger partial charge in [0.2, 0.25) is 11.8 Å². The van der Waals surface area contributed by atoms with E-state index >= 15 is 0 Å². The van der Waals surface area contributed by atoms with Crippen LogP contribution in [0.25, 0.3) is 0 Å². The quantitative estimate of drug-likeness (QED) is 0.891. The summed E-state index contributed by atoms with van der Waals surface area (Å²) in [6.45, 7) is 7.04. The molecule has 1 aromatic rings. The lowest BCUT2D eigenvalue weighted by atomic mass is 9.95. The van der Waals surface area contributed by atoms with Gasteiger partial charge in [0.05, 0.1) is 6.04 Å². The molecule has 0 saturated carbocycles. The van der Waals surface area contributed by atoms with E-state index in [0.717, 1.165) is 22.6 Å². The van der Waals surface area contributed by atoms with E-state index in [-0.39, 0.29) is 23.7 Å². The van der Waals surface area contributed by atoms with Gasteiger partial charge in [0.25, 0.3) is 0 Å². The molecule has 2 atom stereocenters. The Balaban J connectivity index is 2.04. The smallest absolute Gasteiger partial charge is 0.242 e. The fourth-order valence-corrected chi connectivity index (χ4v) is 3.40. The summed E-state index contributed by atoms with van der Waals surface area (Å²) in [5, 5.41) is 5.64. The predicted octanol–water partition coefficient (Wildman–Crippen LogP) is 3.03. The number of halogens is 1. The van der Waals surface area contributed by atoms with Gasteiger partial charge in [-0.25, -0.2) is 4.39 Å². The van der Waals surface area contributed by atoms with Crippen LogP contribution in [0, 0.1) is 11.2 Å². The first-order valence-electron chi connectivity index (χ1n) is 7.72. The second kappa shape index (κ2) is 6.91. The van der Waals surface area contributed by atoms with Crippen LogP contribution < -0.4 is 10.6 Å². The Kier molecular flexibility index (Phi) is 5.34. The van der Waals surface area contributed by atoms with Gasteiger partial charge >= 0.3 is 0 Å². The van der Waals surface area contributed by atoms with Crippen LogP contribution >= 0.6 is 11.8 Å². The van der Waals surface area contributed by atoms with Crippen LogP contribution in [0.3, 0.4) is 0 Å². The van der Waals surface area contributed by atoms with Gasteiger partial charge in [0, 0.05) is 16.1 Å². The third-order valence-electron chi connectivity index (χ3n) is 3.75. The van der Waals surface area contributed by atoms with Gasteiger partial charge in [0.1, 0.15) is 11.9 Å². The number of carbonyl (C=O) groups excluding carboxylic acids is 2. The molecule has 126 valence electrons. The maximum absolute atomic E-state index is 13.5. The molecule has 2 unspecified atom stereocenters. The SMILES string of the molecule is CC(NC(=O)C(C)(C)C)C(=O)NC1CCSc2ccc(F)cc21. The van der Waals surface area contributed by atoms with Crippen LogP contribution in [-0.4, -0.2) is 23.6 Å². The molecule has 0 saturated heterocycles. The highest BCUT2D eigenvalue weighted by molar-refractivity contribution is 7.99. The van der Waals surface area contributed by atoms with E-state index in [0.29, 0.717) is 0 Å². The molecule has 1 aliphatic heterocycles. The number of rotatable bonds is 3. The van der Waals surface area contributed by atoms with Crippen molar-refractivity contribution in [1.29, 1.82) is 0 Å². The van der Waals surface area contributed by atoms with Crippen molar-refractivity contribution in [2.75, 3.05) is 5.75 Å². The van der Waals surface area contributed by atoms with Gasteiger partial charge in [0.15, 0.2) is 0 Å². The first-order chi connectivity index (χ1) is 10.7. The molecule has 0 radical (unpaired) electrons. The average molecular weight is 338 g/mol. The minimum Gasteiger partial charge on any atom is -0.347 e. The minimum absolute atomic E-state index is 0.175. The van der Waals surface area contributed by atoms with Crippen molar-refractivity contribution >= 4 is 23.6 Å². The number of hydrogen-bond acceptors (Lipinski definition) is 3. The summed E-state index contributed by atoms with van der Waals surface area (Å²) in [6.07, 6.45) is 0.743. The Morgan fingerprint density at radius 2 is 2.04 bits per heavy atom. The van der Waals surface area contributed by atoms with Crippen LogP contribution in [0.5, 0.6) is 0 Å². The summed E-state index contributed by atoms with van der Waals surface area (Å²) >= 11 is 1.66. The van der Waals surface area contributed by atoms with Crippen LogP contribution in [0.2, 0.25) is 0 Å². The Bertz CT molecular complexity index is 613. The molecule has 1 aromatic carbocycles. The molecular weight excluding hydrogens is 315 g/mol. The topological polar surface area (TPSA) is 58.2 Å². The van der Waals surface area contributed by atoms with Crippen LogP contribution in [0.4, 0.5) is 4.39 Å². The van der Waals surface area contributed by atoms with E-state index in [9.17, 15) is 14.0 Å². The standard InChI is InChI=1S/C17H23FN2O2S/c1-10(19-16(22)17(2,3)4)15(21)20-13-7-8-23-14-6-5-11(18)9-12(13)14/h5-6,9-10,13H,7-8H2,1-4H3,(H,19,22)(H,20,21). The molecule has 23 heavy (non-hydrogen) atoms. The first-order valence-corrected chi connectivity index (χ1v) is 8.70. The molecule has 1 heterocycles. The van der Waals surface area contributed by atoms with E-state index in [1.54, 1.807) is 45.5 Å². The molecule has 4 nitrogen and oxygen atoms in total. The zero-order valence-corrected chi connectivity index (χ0v) is 14.7. The maximum atomic E-state index is 13.5. The Morgan fingerprint density at radius 3 is 2.70 bits per heavy atom. The highest BCUT2D eigenvalue weighted by Gasteiger charge is 2.28. The predicted molar refractivity (Wildman–Crippen MR) is 89.7 cm³/mol. The largest absolute Gasteiger partial charge is 0.347 e. The Hall–Kier alpha value is -1.56. The second-order valence-electron chi connectivity index (χ2n) is 6.83. The van der Waals surface area contributed by atoms with Crippen molar-refractivity contribution in [2.24, 2.45) is 5.41 Å². The fraction of sp³-hybridized carbons (Fsp3) is 0.529. The van der Waals surface area contributed by atoms with Crippen LogP contribution in [0.15, 0.2) is 23.1 Å². The highest BCUT2D eigenvalue weighted by Crippen LogP contribution is 2.36. The van der Waals surface area contributed by atoms with E-state index in [2.05, 4.69) is 10.6 Å². The molecular formula is C17H23FN2O2S. The molecule has 1 aliphatic rings. The number of benzene rings is 1. The van der Waals surface area contributed by atoms with Crippen LogP contribution in [0.1, 0.15) is 45.7 Å². The monoisotopic (exact) mass is 338 g/mol. The summed E-state index contributed by atoms with van der Waals surface area (Å²) in [5.41, 5.74) is 0.259. The number of nitrogens with one attached hydrogen (secondary N) is 2. The lowest BCUT2D eigenvalue weighted by molar-refractivity contribution is -0.133. The molecule has 6 heteroatoms. The summed E-state index contributed by atoms with van der Waals surface area (Å²) in [5.74, 6) is 0.131. The lowest BCUT2D eigenvalue weighted by Crippen LogP contribution is -2.49. The van der Waals surface area contributed by atoms with Crippen molar-refractivity contribution in [1.82, 2.24) is 10.6 Å². The molecule has 0 aromatic heterocycles. The third-order valence-corrected chi connectivity index (χ3v) is 4.87. The highest BCUT2D eigenvalue weighted by atomic mass is 32.2. The molecule has 0 bridgehead atoms. The van der Waals surface area contributed by atoms with Crippen molar-refractivity contribution in [2.45, 2.75) is 51.1 Å². The molecule has 0 fully saturated rings. The zero-order valence-electron chi connectivity index (χ0n) is 13.9. The third kappa shape index (κ3) is 4.47. The minimum atomic E-state index is -0.631. The number of thioether (sulfide) groups is 1. The van der Waals surface area contributed by atoms with E-state index < -0.39 is 11.5 Å². The summed E-state index contributed by atoms with van der Waals surface area (Å²) in [7, 11) is 0. The molecule has 0 spiro atoms. The van der Waals surface area contributed by atoms with Crippen molar-refractivity contribution in [3.63, 3.8) is 0 Å². The number of hydrogen-bond donors (Lipinski definition) is 2. The normalized spacial score (nSPS) is 18.7. The Labute approximate surface area is 140 Å². The summed E-state index contributed by atoms with van der Waals surface area (Å²) in [4.78, 5) is 25.3. The average Bonchev–Trinajstić information content (AvgIpc) is 2.46. The van der Waals surface area contributed by atoms with Gasteiger partial charge in [-0.1, -0.05) is 20.8 Å². The van der Waals surface area contributed by atoms with Crippen molar-refractivity contribution in [3.05, 3.63) is 29.6 Å². The fourth-order valence-electron chi connectivity index (χ4n) is 2.29. The Morgan fingerprint density at radius 1 is 1.35 bits per heavy atom. The first kappa shape index (κ1) is 17.8. The van der Waals surface area contributed by atoms with Crippen molar-refractivity contribution < 1.29 is 14.0 Å². The second-order valence-corrected chi connectivity index (χ2v) is 7.96. The van der Waals surface area contributed by atoms with E-state index in [4.69, 9.17) is 0 Å². The molecule has 0 aliphatic carbocycles. The molecule has 2 amide bonds.